The molecule has 0 fully saturated rings. The summed E-state index contributed by atoms with van der Waals surface area (Å²) in [5, 5.41) is 3.53. The van der Waals surface area contributed by atoms with E-state index in [4.69, 9.17) is 0 Å². The molecule has 4 rings (SSSR count). The van der Waals surface area contributed by atoms with Crippen molar-refractivity contribution in [2.75, 3.05) is 0 Å². The number of benzene rings is 1. The van der Waals surface area contributed by atoms with Crippen molar-refractivity contribution in [2.24, 2.45) is 7.05 Å². The first-order valence-electron chi connectivity index (χ1n) is 5.93. The molecule has 0 saturated heterocycles. The zero-order valence-electron chi connectivity index (χ0n) is 9.96. The van der Waals surface area contributed by atoms with Gasteiger partial charge in [0.2, 0.25) is 0 Å². The predicted molar refractivity (Wildman–Crippen MR) is 73.5 cm³/mol. The molecular weight excluding hydrogens is 222 g/mol. The average molecular weight is 233 g/mol. The maximum Gasteiger partial charge on any atom is 0.140 e. The Morgan fingerprint density at radius 2 is 1.78 bits per heavy atom. The molecule has 86 valence electrons. The second kappa shape index (κ2) is 3.29. The molecule has 3 nitrogen and oxygen atoms in total. The van der Waals surface area contributed by atoms with Crippen LogP contribution in [0.1, 0.15) is 0 Å². The summed E-state index contributed by atoms with van der Waals surface area (Å²) in [4.78, 5) is 8.99. The lowest BCUT2D eigenvalue weighted by atomic mass is 10.1. The second-order valence-corrected chi connectivity index (χ2v) is 4.47. The van der Waals surface area contributed by atoms with Crippen LogP contribution in [0.5, 0.6) is 0 Å². The number of aromatic nitrogens is 3. The summed E-state index contributed by atoms with van der Waals surface area (Å²) in [6.07, 6.45) is 3.67. The van der Waals surface area contributed by atoms with Crippen molar-refractivity contribution in [3.05, 3.63) is 48.8 Å². The SMILES string of the molecule is Cn1c2ccc3cccnc3c2c2cccnc21. The predicted octanol–water partition coefficient (Wildman–Crippen LogP) is 3.27. The first-order chi connectivity index (χ1) is 8.86. The van der Waals surface area contributed by atoms with Gasteiger partial charge in [-0.05, 0) is 24.3 Å². The van der Waals surface area contributed by atoms with E-state index in [-0.39, 0.29) is 0 Å². The van der Waals surface area contributed by atoms with Gasteiger partial charge in [-0.15, -0.1) is 0 Å². The minimum Gasteiger partial charge on any atom is -0.328 e. The van der Waals surface area contributed by atoms with Crippen LogP contribution in [-0.4, -0.2) is 14.5 Å². The Labute approximate surface area is 104 Å². The molecule has 0 amide bonds. The highest BCUT2D eigenvalue weighted by Crippen LogP contribution is 2.31. The van der Waals surface area contributed by atoms with Crippen molar-refractivity contribution < 1.29 is 0 Å². The van der Waals surface area contributed by atoms with Gasteiger partial charge in [0, 0.05) is 35.6 Å². The molecule has 1 aromatic carbocycles. The third-order valence-corrected chi connectivity index (χ3v) is 3.49. The fourth-order valence-electron chi connectivity index (χ4n) is 2.65. The standard InChI is InChI=1S/C15H11N3/c1-18-12-7-6-10-4-2-8-16-14(10)13(12)11-5-3-9-17-15(11)18/h2-9H,1H3. The largest absolute Gasteiger partial charge is 0.328 e. The highest BCUT2D eigenvalue weighted by atomic mass is 15.0. The summed E-state index contributed by atoms with van der Waals surface area (Å²) >= 11 is 0. The molecule has 0 saturated carbocycles. The first-order valence-corrected chi connectivity index (χ1v) is 5.93. The van der Waals surface area contributed by atoms with Gasteiger partial charge in [0.25, 0.3) is 0 Å². The van der Waals surface area contributed by atoms with E-state index in [1.54, 1.807) is 0 Å². The summed E-state index contributed by atoms with van der Waals surface area (Å²) in [6, 6.07) is 12.4. The lowest BCUT2D eigenvalue weighted by molar-refractivity contribution is 0.990. The van der Waals surface area contributed by atoms with Gasteiger partial charge in [0.1, 0.15) is 5.65 Å². The summed E-state index contributed by atoms with van der Waals surface area (Å²) in [5.41, 5.74) is 3.23. The van der Waals surface area contributed by atoms with Crippen molar-refractivity contribution in [3.63, 3.8) is 0 Å². The Kier molecular flexibility index (Phi) is 1.75. The van der Waals surface area contributed by atoms with Gasteiger partial charge in [-0.1, -0.05) is 12.1 Å². The highest BCUT2D eigenvalue weighted by molar-refractivity contribution is 6.18. The van der Waals surface area contributed by atoms with Gasteiger partial charge < -0.3 is 4.57 Å². The van der Waals surface area contributed by atoms with E-state index >= 15 is 0 Å². The first kappa shape index (κ1) is 9.59. The third kappa shape index (κ3) is 1.08. The summed E-state index contributed by atoms with van der Waals surface area (Å²) in [5.74, 6) is 0. The number of aryl methyl sites for hydroxylation is 1. The number of hydrogen-bond donors (Lipinski definition) is 0. The molecule has 0 atom stereocenters. The normalized spacial score (nSPS) is 11.6. The van der Waals surface area contributed by atoms with Gasteiger partial charge in [0.05, 0.1) is 11.0 Å². The van der Waals surface area contributed by atoms with E-state index in [2.05, 4.69) is 38.8 Å². The Morgan fingerprint density at radius 1 is 0.944 bits per heavy atom. The molecule has 3 heteroatoms. The molecule has 3 aromatic heterocycles. The maximum atomic E-state index is 4.53. The van der Waals surface area contributed by atoms with E-state index in [1.165, 1.54) is 21.7 Å². The van der Waals surface area contributed by atoms with Gasteiger partial charge in [0.15, 0.2) is 0 Å². The van der Waals surface area contributed by atoms with Crippen LogP contribution < -0.4 is 0 Å². The number of fused-ring (bicyclic) bond motifs is 5. The van der Waals surface area contributed by atoms with Crippen molar-refractivity contribution in [1.29, 1.82) is 0 Å². The molecule has 0 bridgehead atoms. The fraction of sp³-hybridized carbons (Fsp3) is 0.0667. The maximum absolute atomic E-state index is 4.53. The molecule has 0 unspecified atom stereocenters. The van der Waals surface area contributed by atoms with Crippen LogP contribution in [0.2, 0.25) is 0 Å². The van der Waals surface area contributed by atoms with Gasteiger partial charge in [-0.3, -0.25) is 4.98 Å². The molecule has 4 aromatic rings. The summed E-state index contributed by atoms with van der Waals surface area (Å²) < 4.78 is 2.12. The summed E-state index contributed by atoms with van der Waals surface area (Å²) in [7, 11) is 2.05. The Morgan fingerprint density at radius 3 is 2.72 bits per heavy atom. The quantitative estimate of drug-likeness (QED) is 0.466. The molecule has 0 spiro atoms. The lowest BCUT2D eigenvalue weighted by Gasteiger charge is -1.99. The Bertz CT molecular complexity index is 890. The van der Waals surface area contributed by atoms with Crippen molar-refractivity contribution in [2.45, 2.75) is 0 Å². The number of rotatable bonds is 0. The van der Waals surface area contributed by atoms with E-state index < -0.39 is 0 Å². The Hall–Kier alpha value is -2.42. The average Bonchev–Trinajstić information content (AvgIpc) is 2.73. The fourth-order valence-corrected chi connectivity index (χ4v) is 2.65. The molecule has 0 aliphatic carbocycles. The molecular formula is C15H11N3. The van der Waals surface area contributed by atoms with Crippen LogP contribution in [0.15, 0.2) is 48.8 Å². The molecule has 0 radical (unpaired) electrons. The molecule has 0 aliphatic heterocycles. The van der Waals surface area contributed by atoms with Crippen LogP contribution in [-0.2, 0) is 7.05 Å². The lowest BCUT2D eigenvalue weighted by Crippen LogP contribution is -1.88. The van der Waals surface area contributed by atoms with E-state index in [1.807, 2.05) is 31.6 Å². The van der Waals surface area contributed by atoms with Gasteiger partial charge in [-0.25, -0.2) is 4.98 Å². The topological polar surface area (TPSA) is 30.7 Å². The van der Waals surface area contributed by atoms with Gasteiger partial charge >= 0.3 is 0 Å². The zero-order chi connectivity index (χ0) is 12.1. The third-order valence-electron chi connectivity index (χ3n) is 3.49. The number of pyridine rings is 2. The Balaban J connectivity index is 2.41. The number of hydrogen-bond acceptors (Lipinski definition) is 2. The minimum absolute atomic E-state index is 1.01. The van der Waals surface area contributed by atoms with E-state index in [0.717, 1.165) is 11.2 Å². The van der Waals surface area contributed by atoms with E-state index in [9.17, 15) is 0 Å². The van der Waals surface area contributed by atoms with Crippen molar-refractivity contribution in [1.82, 2.24) is 14.5 Å². The van der Waals surface area contributed by atoms with Crippen LogP contribution in [0.25, 0.3) is 32.8 Å². The summed E-state index contributed by atoms with van der Waals surface area (Å²) in [6.45, 7) is 0. The number of nitrogens with zero attached hydrogens (tertiary/aromatic N) is 3. The zero-order valence-corrected chi connectivity index (χ0v) is 9.96. The smallest absolute Gasteiger partial charge is 0.140 e. The van der Waals surface area contributed by atoms with Crippen LogP contribution in [0.4, 0.5) is 0 Å². The second-order valence-electron chi connectivity index (χ2n) is 4.47. The molecule has 0 N–H and O–H groups in total. The molecule has 18 heavy (non-hydrogen) atoms. The highest BCUT2D eigenvalue weighted by Gasteiger charge is 2.11. The van der Waals surface area contributed by atoms with E-state index in [0.29, 0.717) is 0 Å². The molecule has 0 aliphatic rings. The van der Waals surface area contributed by atoms with Crippen LogP contribution in [0, 0.1) is 0 Å². The minimum atomic E-state index is 1.01. The van der Waals surface area contributed by atoms with Crippen molar-refractivity contribution >= 4 is 32.8 Å². The van der Waals surface area contributed by atoms with Gasteiger partial charge in [-0.2, -0.15) is 0 Å². The van der Waals surface area contributed by atoms with Crippen molar-refractivity contribution in [3.8, 4) is 0 Å². The molecule has 3 heterocycles. The monoisotopic (exact) mass is 233 g/mol. The van der Waals surface area contributed by atoms with Crippen LogP contribution in [0.3, 0.4) is 0 Å². The van der Waals surface area contributed by atoms with Crippen LogP contribution >= 0.6 is 0 Å².